The average molecular weight is 276 g/mol. The topological polar surface area (TPSA) is 67.4 Å². The first-order valence-corrected chi connectivity index (χ1v) is 6.62. The first-order valence-electron chi connectivity index (χ1n) is 6.62. The summed E-state index contributed by atoms with van der Waals surface area (Å²) < 4.78 is 4.89. The zero-order valence-corrected chi connectivity index (χ0v) is 11.8. The van der Waals surface area contributed by atoms with E-state index in [0.717, 1.165) is 12.0 Å². The molecule has 0 radical (unpaired) electrons. The number of rotatable bonds is 6. The molecule has 1 rings (SSSR count). The van der Waals surface area contributed by atoms with E-state index in [1.54, 1.807) is 37.4 Å². The minimum atomic E-state index is -0.338. The summed E-state index contributed by atoms with van der Waals surface area (Å²) in [6.07, 6.45) is 4.34. The molecule has 0 heterocycles. The van der Waals surface area contributed by atoms with Gasteiger partial charge in [0, 0.05) is 12.7 Å². The van der Waals surface area contributed by atoms with Crippen LogP contribution in [-0.2, 0) is 11.3 Å². The molecular formula is C15H20N2O3. The maximum absolute atomic E-state index is 11.5. The summed E-state index contributed by atoms with van der Waals surface area (Å²) in [5, 5.41) is 5.31. The van der Waals surface area contributed by atoms with Crippen molar-refractivity contribution < 1.29 is 14.3 Å². The van der Waals surface area contributed by atoms with Gasteiger partial charge in [-0.25, -0.2) is 9.59 Å². The molecular weight excluding hydrogens is 256 g/mol. The summed E-state index contributed by atoms with van der Waals surface area (Å²) in [7, 11) is 0. The van der Waals surface area contributed by atoms with Gasteiger partial charge >= 0.3 is 12.0 Å². The van der Waals surface area contributed by atoms with E-state index in [0.29, 0.717) is 18.7 Å². The second kappa shape index (κ2) is 8.74. The average Bonchev–Trinajstić information content (AvgIpc) is 2.46. The molecule has 0 bridgehead atoms. The van der Waals surface area contributed by atoms with Gasteiger partial charge in [-0.05, 0) is 31.0 Å². The first-order chi connectivity index (χ1) is 9.67. The molecule has 0 fully saturated rings. The number of benzene rings is 1. The van der Waals surface area contributed by atoms with Crippen molar-refractivity contribution >= 4 is 12.0 Å². The van der Waals surface area contributed by atoms with Crippen LogP contribution in [-0.4, -0.2) is 18.6 Å². The highest BCUT2D eigenvalue weighted by molar-refractivity contribution is 5.89. The van der Waals surface area contributed by atoms with Crippen molar-refractivity contribution in [2.24, 2.45) is 0 Å². The first kappa shape index (κ1) is 15.8. The number of carbonyl (C=O) groups is 2. The van der Waals surface area contributed by atoms with Crippen molar-refractivity contribution in [3.8, 4) is 0 Å². The van der Waals surface area contributed by atoms with Gasteiger partial charge < -0.3 is 15.4 Å². The fourth-order valence-electron chi connectivity index (χ4n) is 1.46. The van der Waals surface area contributed by atoms with Gasteiger partial charge in [0.2, 0.25) is 0 Å². The Kier molecular flexibility index (Phi) is 6.89. The maximum atomic E-state index is 11.5. The molecule has 0 unspecified atom stereocenters. The van der Waals surface area contributed by atoms with Gasteiger partial charge in [-0.3, -0.25) is 0 Å². The highest BCUT2D eigenvalue weighted by Crippen LogP contribution is 2.05. The van der Waals surface area contributed by atoms with E-state index in [-0.39, 0.29) is 12.0 Å². The van der Waals surface area contributed by atoms with Crippen LogP contribution in [0.5, 0.6) is 0 Å². The van der Waals surface area contributed by atoms with Crippen LogP contribution in [0.25, 0.3) is 0 Å². The third-order valence-electron chi connectivity index (χ3n) is 2.49. The normalized spacial score (nSPS) is 10.3. The Morgan fingerprint density at radius 2 is 1.90 bits per heavy atom. The molecule has 0 aliphatic rings. The third kappa shape index (κ3) is 5.56. The molecule has 2 amide bonds. The van der Waals surface area contributed by atoms with Crippen LogP contribution in [0.3, 0.4) is 0 Å². The largest absolute Gasteiger partial charge is 0.462 e. The van der Waals surface area contributed by atoms with Gasteiger partial charge in [-0.15, -0.1) is 0 Å². The Morgan fingerprint density at radius 3 is 2.50 bits per heavy atom. The number of nitrogens with one attached hydrogen (secondary N) is 2. The minimum absolute atomic E-state index is 0.260. The molecule has 0 spiro atoms. The lowest BCUT2D eigenvalue weighted by Crippen LogP contribution is -2.31. The van der Waals surface area contributed by atoms with Crippen LogP contribution in [0.15, 0.2) is 36.5 Å². The number of allylic oxidation sites excluding steroid dienone is 1. The molecule has 0 saturated carbocycles. The van der Waals surface area contributed by atoms with E-state index in [1.807, 2.05) is 13.0 Å². The Hall–Kier alpha value is -2.30. The molecule has 0 aromatic heterocycles. The van der Waals surface area contributed by atoms with Crippen LogP contribution < -0.4 is 10.6 Å². The Bertz CT molecular complexity index is 467. The molecule has 20 heavy (non-hydrogen) atoms. The van der Waals surface area contributed by atoms with Crippen molar-refractivity contribution in [3.63, 3.8) is 0 Å². The van der Waals surface area contributed by atoms with Crippen LogP contribution >= 0.6 is 0 Å². The SMILES string of the molecule is CC/C=C/NC(=O)NCc1ccc(C(=O)OCC)cc1. The van der Waals surface area contributed by atoms with Crippen molar-refractivity contribution in [2.75, 3.05) is 6.61 Å². The van der Waals surface area contributed by atoms with E-state index in [1.165, 1.54) is 0 Å². The Balaban J connectivity index is 2.43. The summed E-state index contributed by atoms with van der Waals surface area (Å²) in [6.45, 7) is 4.51. The molecule has 1 aromatic rings. The van der Waals surface area contributed by atoms with Crippen LogP contribution in [0.1, 0.15) is 36.2 Å². The molecule has 108 valence electrons. The van der Waals surface area contributed by atoms with E-state index in [4.69, 9.17) is 4.74 Å². The van der Waals surface area contributed by atoms with Gasteiger partial charge in [0.1, 0.15) is 0 Å². The molecule has 0 aliphatic carbocycles. The summed E-state index contributed by atoms with van der Waals surface area (Å²) in [4.78, 5) is 22.9. The standard InChI is InChI=1S/C15H20N2O3/c1-3-5-10-16-15(19)17-11-12-6-8-13(9-7-12)14(18)20-4-2/h5-10H,3-4,11H2,1-2H3,(H2,16,17,19)/b10-5+. The second-order valence-electron chi connectivity index (χ2n) is 4.06. The third-order valence-corrected chi connectivity index (χ3v) is 2.49. The van der Waals surface area contributed by atoms with Crippen LogP contribution in [0.2, 0.25) is 0 Å². The van der Waals surface area contributed by atoms with Gasteiger partial charge in [0.15, 0.2) is 0 Å². The molecule has 5 heteroatoms. The van der Waals surface area contributed by atoms with E-state index in [9.17, 15) is 9.59 Å². The van der Waals surface area contributed by atoms with Crippen molar-refractivity contribution in [1.82, 2.24) is 10.6 Å². The summed E-state index contributed by atoms with van der Waals surface area (Å²) >= 11 is 0. The summed E-state index contributed by atoms with van der Waals surface area (Å²) in [6, 6.07) is 6.68. The number of carbonyl (C=O) groups excluding carboxylic acids is 2. The zero-order chi connectivity index (χ0) is 14.8. The number of amides is 2. The highest BCUT2D eigenvalue weighted by Gasteiger charge is 2.05. The van der Waals surface area contributed by atoms with E-state index < -0.39 is 0 Å². The lowest BCUT2D eigenvalue weighted by atomic mass is 10.1. The van der Waals surface area contributed by atoms with Crippen molar-refractivity contribution in [3.05, 3.63) is 47.7 Å². The number of ether oxygens (including phenoxy) is 1. The summed E-state index contributed by atoms with van der Waals surface area (Å²) in [5.74, 6) is -0.338. The highest BCUT2D eigenvalue weighted by atomic mass is 16.5. The fourth-order valence-corrected chi connectivity index (χ4v) is 1.46. The Morgan fingerprint density at radius 1 is 1.20 bits per heavy atom. The summed E-state index contributed by atoms with van der Waals surface area (Å²) in [5.41, 5.74) is 1.42. The lowest BCUT2D eigenvalue weighted by Gasteiger charge is -2.06. The quantitative estimate of drug-likeness (QED) is 0.785. The van der Waals surface area contributed by atoms with Gasteiger partial charge in [-0.1, -0.05) is 25.1 Å². The van der Waals surface area contributed by atoms with E-state index in [2.05, 4.69) is 10.6 Å². The monoisotopic (exact) mass is 276 g/mol. The predicted molar refractivity (Wildman–Crippen MR) is 77.2 cm³/mol. The molecule has 1 aromatic carbocycles. The van der Waals surface area contributed by atoms with Gasteiger partial charge in [0.25, 0.3) is 0 Å². The minimum Gasteiger partial charge on any atom is -0.462 e. The van der Waals surface area contributed by atoms with Crippen molar-refractivity contribution in [2.45, 2.75) is 26.8 Å². The number of esters is 1. The smallest absolute Gasteiger partial charge is 0.338 e. The molecule has 0 atom stereocenters. The van der Waals surface area contributed by atoms with E-state index >= 15 is 0 Å². The molecule has 5 nitrogen and oxygen atoms in total. The van der Waals surface area contributed by atoms with Gasteiger partial charge in [-0.2, -0.15) is 0 Å². The Labute approximate surface area is 119 Å². The number of urea groups is 1. The maximum Gasteiger partial charge on any atom is 0.338 e. The number of hydrogen-bond acceptors (Lipinski definition) is 3. The molecule has 0 aliphatic heterocycles. The van der Waals surface area contributed by atoms with Crippen LogP contribution in [0, 0.1) is 0 Å². The molecule has 0 saturated heterocycles. The predicted octanol–water partition coefficient (Wildman–Crippen LogP) is 2.59. The second-order valence-corrected chi connectivity index (χ2v) is 4.06. The lowest BCUT2D eigenvalue weighted by molar-refractivity contribution is 0.0526. The van der Waals surface area contributed by atoms with Crippen molar-refractivity contribution in [1.29, 1.82) is 0 Å². The van der Waals surface area contributed by atoms with Gasteiger partial charge in [0.05, 0.1) is 12.2 Å². The number of hydrogen-bond donors (Lipinski definition) is 2. The molecule has 2 N–H and O–H groups in total. The van der Waals surface area contributed by atoms with Crippen LogP contribution in [0.4, 0.5) is 4.79 Å². The zero-order valence-electron chi connectivity index (χ0n) is 11.8. The fraction of sp³-hybridized carbons (Fsp3) is 0.333.